The van der Waals surface area contributed by atoms with Crippen LogP contribution in [0.1, 0.15) is 5.56 Å². The summed E-state index contributed by atoms with van der Waals surface area (Å²) in [6, 6.07) is 1.12. The number of ether oxygens (including phenoxy) is 1. The third-order valence-corrected chi connectivity index (χ3v) is 1.58. The number of nitrogens with two attached hydrogens (primary N) is 1. The van der Waals surface area contributed by atoms with Crippen LogP contribution in [0.3, 0.4) is 0 Å². The highest BCUT2D eigenvalue weighted by atomic mass is 19.4. The van der Waals surface area contributed by atoms with E-state index in [0.29, 0.717) is 0 Å². The third kappa shape index (κ3) is 2.79. The quantitative estimate of drug-likeness (QED) is 0.632. The predicted octanol–water partition coefficient (Wildman–Crippen LogP) is 1.35. The van der Waals surface area contributed by atoms with Crippen LogP contribution in [0.5, 0.6) is 5.75 Å². The van der Waals surface area contributed by atoms with Crippen LogP contribution in [0.15, 0.2) is 12.3 Å². The first-order chi connectivity index (χ1) is 7.35. The molecule has 0 aliphatic rings. The van der Waals surface area contributed by atoms with Crippen LogP contribution in [0, 0.1) is 10.1 Å². The van der Waals surface area contributed by atoms with Crippen LogP contribution in [0.2, 0.25) is 0 Å². The van der Waals surface area contributed by atoms with Gasteiger partial charge >= 0.3 is 12.2 Å². The number of nitro groups is 1. The van der Waals surface area contributed by atoms with Gasteiger partial charge in [0.1, 0.15) is 6.20 Å². The molecule has 0 saturated heterocycles. The Bertz CT molecular complexity index is 408. The minimum absolute atomic E-state index is 0.140. The SMILES string of the molecule is NCc1ccnc([N+](=O)[O-])c1OC(F)(F)F. The number of alkyl halides is 3. The normalized spacial score (nSPS) is 11.2. The highest BCUT2D eigenvalue weighted by Crippen LogP contribution is 2.33. The molecule has 2 N–H and O–H groups in total. The van der Waals surface area contributed by atoms with Gasteiger partial charge in [0.15, 0.2) is 0 Å². The number of nitrogens with zero attached hydrogens (tertiary/aromatic N) is 2. The Labute approximate surface area is 87.0 Å². The van der Waals surface area contributed by atoms with Gasteiger partial charge in [0.25, 0.3) is 0 Å². The Morgan fingerprint density at radius 3 is 2.62 bits per heavy atom. The molecule has 0 amide bonds. The highest BCUT2D eigenvalue weighted by molar-refractivity contribution is 5.46. The summed E-state index contributed by atoms with van der Waals surface area (Å²) in [6.07, 6.45) is -4.04. The third-order valence-electron chi connectivity index (χ3n) is 1.58. The molecule has 0 unspecified atom stereocenters. The molecule has 0 aliphatic carbocycles. The first kappa shape index (κ1) is 12.2. The second-order valence-electron chi connectivity index (χ2n) is 2.63. The molecule has 0 aromatic carbocycles. The second-order valence-corrected chi connectivity index (χ2v) is 2.63. The van der Waals surface area contributed by atoms with E-state index in [9.17, 15) is 23.3 Å². The fourth-order valence-corrected chi connectivity index (χ4v) is 0.993. The second kappa shape index (κ2) is 4.31. The molecule has 0 saturated carbocycles. The van der Waals surface area contributed by atoms with Gasteiger partial charge in [0, 0.05) is 12.1 Å². The summed E-state index contributed by atoms with van der Waals surface area (Å²) in [6.45, 7) is -0.325. The van der Waals surface area contributed by atoms with Crippen molar-refractivity contribution in [3.8, 4) is 5.75 Å². The van der Waals surface area contributed by atoms with Gasteiger partial charge in [0.2, 0.25) is 5.75 Å². The van der Waals surface area contributed by atoms with Gasteiger partial charge in [-0.1, -0.05) is 0 Å². The molecule has 16 heavy (non-hydrogen) atoms. The van der Waals surface area contributed by atoms with Crippen molar-refractivity contribution in [2.45, 2.75) is 12.9 Å². The van der Waals surface area contributed by atoms with Crippen molar-refractivity contribution < 1.29 is 22.8 Å². The standard InChI is InChI=1S/C7H6F3N3O3/c8-7(9,10)16-5-4(3-11)1-2-12-6(5)13(14)15/h1-2H,3,11H2. The molecule has 0 aliphatic heterocycles. The number of pyridine rings is 1. The van der Waals surface area contributed by atoms with Gasteiger partial charge in [-0.15, -0.1) is 13.2 Å². The maximum atomic E-state index is 12.0. The Morgan fingerprint density at radius 2 is 2.19 bits per heavy atom. The molecule has 0 spiro atoms. The van der Waals surface area contributed by atoms with E-state index in [0.717, 1.165) is 12.3 Å². The Morgan fingerprint density at radius 1 is 1.56 bits per heavy atom. The Hall–Kier alpha value is -1.90. The van der Waals surface area contributed by atoms with Crippen LogP contribution >= 0.6 is 0 Å². The van der Waals surface area contributed by atoms with E-state index in [2.05, 4.69) is 9.72 Å². The van der Waals surface area contributed by atoms with E-state index in [4.69, 9.17) is 5.73 Å². The Kier molecular flexibility index (Phi) is 3.28. The molecule has 88 valence electrons. The van der Waals surface area contributed by atoms with Gasteiger partial charge in [0.05, 0.1) is 0 Å². The van der Waals surface area contributed by atoms with Gasteiger partial charge in [-0.2, -0.15) is 0 Å². The lowest BCUT2D eigenvalue weighted by atomic mass is 10.2. The lowest BCUT2D eigenvalue weighted by molar-refractivity contribution is -0.393. The minimum Gasteiger partial charge on any atom is -0.396 e. The van der Waals surface area contributed by atoms with E-state index in [-0.39, 0.29) is 12.1 Å². The molecule has 0 bridgehead atoms. The van der Waals surface area contributed by atoms with Crippen molar-refractivity contribution in [2.75, 3.05) is 0 Å². The van der Waals surface area contributed by atoms with E-state index in [1.54, 1.807) is 0 Å². The zero-order valence-electron chi connectivity index (χ0n) is 7.69. The summed E-state index contributed by atoms with van der Waals surface area (Å²) < 4.78 is 39.5. The number of hydrogen-bond acceptors (Lipinski definition) is 5. The molecular weight excluding hydrogens is 231 g/mol. The van der Waals surface area contributed by atoms with Crippen LogP contribution in [-0.2, 0) is 6.54 Å². The molecule has 0 radical (unpaired) electrons. The van der Waals surface area contributed by atoms with Crippen LogP contribution in [0.4, 0.5) is 19.0 Å². The van der Waals surface area contributed by atoms with Gasteiger partial charge < -0.3 is 20.6 Å². The molecular formula is C7H6F3N3O3. The van der Waals surface area contributed by atoms with Crippen molar-refractivity contribution in [1.82, 2.24) is 4.98 Å². The number of rotatable bonds is 3. The van der Waals surface area contributed by atoms with Crippen molar-refractivity contribution in [3.05, 3.63) is 27.9 Å². The van der Waals surface area contributed by atoms with E-state index >= 15 is 0 Å². The minimum atomic E-state index is -5.03. The van der Waals surface area contributed by atoms with Crippen molar-refractivity contribution >= 4 is 5.82 Å². The van der Waals surface area contributed by atoms with Crippen LogP contribution in [-0.4, -0.2) is 16.3 Å². The molecule has 0 fully saturated rings. The number of halogens is 3. The van der Waals surface area contributed by atoms with Crippen molar-refractivity contribution in [3.63, 3.8) is 0 Å². The van der Waals surface area contributed by atoms with E-state index in [1.807, 2.05) is 0 Å². The summed E-state index contributed by atoms with van der Waals surface area (Å²) >= 11 is 0. The molecule has 9 heteroatoms. The van der Waals surface area contributed by atoms with Crippen molar-refractivity contribution in [1.29, 1.82) is 0 Å². The van der Waals surface area contributed by atoms with E-state index in [1.165, 1.54) is 0 Å². The first-order valence-corrected chi connectivity index (χ1v) is 3.93. The summed E-state index contributed by atoms with van der Waals surface area (Å²) in [5, 5.41) is 10.4. The predicted molar refractivity (Wildman–Crippen MR) is 45.5 cm³/mol. The van der Waals surface area contributed by atoms with Gasteiger partial charge in [-0.25, -0.2) is 0 Å². The molecule has 6 nitrogen and oxygen atoms in total. The smallest absolute Gasteiger partial charge is 0.396 e. The largest absolute Gasteiger partial charge is 0.573 e. The average Bonchev–Trinajstić information content (AvgIpc) is 2.15. The summed E-state index contributed by atoms with van der Waals surface area (Å²) in [5.41, 5.74) is 5.00. The van der Waals surface area contributed by atoms with Crippen LogP contribution < -0.4 is 10.5 Å². The Balaban J connectivity index is 3.25. The zero-order valence-corrected chi connectivity index (χ0v) is 7.69. The maximum Gasteiger partial charge on any atom is 0.573 e. The number of aromatic nitrogens is 1. The summed E-state index contributed by atoms with van der Waals surface area (Å²) in [7, 11) is 0. The average molecular weight is 237 g/mol. The van der Waals surface area contributed by atoms with E-state index < -0.39 is 22.9 Å². The van der Waals surface area contributed by atoms with Gasteiger partial charge in [-0.3, -0.25) is 0 Å². The zero-order chi connectivity index (χ0) is 12.3. The topological polar surface area (TPSA) is 91.3 Å². The molecule has 1 heterocycles. The first-order valence-electron chi connectivity index (χ1n) is 3.93. The molecule has 1 aromatic heterocycles. The molecule has 1 rings (SSSR count). The molecule has 1 aromatic rings. The fourth-order valence-electron chi connectivity index (χ4n) is 0.993. The fraction of sp³-hybridized carbons (Fsp3) is 0.286. The molecule has 0 atom stereocenters. The summed E-state index contributed by atoms with van der Waals surface area (Å²) in [5.74, 6) is -1.98. The monoisotopic (exact) mass is 237 g/mol. The highest BCUT2D eigenvalue weighted by Gasteiger charge is 2.36. The number of hydrogen-bond donors (Lipinski definition) is 1. The van der Waals surface area contributed by atoms with Crippen molar-refractivity contribution in [2.24, 2.45) is 5.73 Å². The van der Waals surface area contributed by atoms with Gasteiger partial charge in [-0.05, 0) is 16.0 Å². The lowest BCUT2D eigenvalue weighted by Crippen LogP contribution is -2.20. The van der Waals surface area contributed by atoms with Crippen LogP contribution in [0.25, 0.3) is 0 Å². The maximum absolute atomic E-state index is 12.0. The summed E-state index contributed by atoms with van der Waals surface area (Å²) in [4.78, 5) is 12.6. The lowest BCUT2D eigenvalue weighted by Gasteiger charge is -2.11.